The Morgan fingerprint density at radius 2 is 2.26 bits per heavy atom. The third-order valence-corrected chi connectivity index (χ3v) is 5.58. The zero-order valence-electron chi connectivity index (χ0n) is 13.4. The van der Waals surface area contributed by atoms with Crippen LogP contribution >= 0.6 is 0 Å². The van der Waals surface area contributed by atoms with Gasteiger partial charge in [0, 0.05) is 36.2 Å². The van der Waals surface area contributed by atoms with E-state index in [0.717, 1.165) is 48.1 Å². The van der Waals surface area contributed by atoms with Crippen molar-refractivity contribution >= 4 is 16.8 Å². The minimum Gasteiger partial charge on any atom is -0.496 e. The van der Waals surface area contributed by atoms with Crippen molar-refractivity contribution in [3.05, 3.63) is 30.0 Å². The Morgan fingerprint density at radius 3 is 3.04 bits per heavy atom. The molecule has 3 unspecified atom stereocenters. The summed E-state index contributed by atoms with van der Waals surface area (Å²) in [5, 5.41) is 1.01. The molecule has 5 nitrogen and oxygen atoms in total. The molecule has 3 atom stereocenters. The van der Waals surface area contributed by atoms with Gasteiger partial charge >= 0.3 is 0 Å². The molecule has 0 spiro atoms. The van der Waals surface area contributed by atoms with E-state index in [9.17, 15) is 4.79 Å². The Labute approximate surface area is 135 Å². The lowest BCUT2D eigenvalue weighted by atomic mass is 9.98. The number of hydrogen-bond acceptors (Lipinski definition) is 3. The van der Waals surface area contributed by atoms with Crippen molar-refractivity contribution in [3.8, 4) is 5.75 Å². The number of methoxy groups -OCH3 is 1. The molecule has 122 valence electrons. The first-order chi connectivity index (χ1) is 11.2. The fourth-order valence-corrected chi connectivity index (χ4v) is 4.32. The molecule has 2 aliphatic rings. The highest BCUT2D eigenvalue weighted by atomic mass is 16.5. The molecule has 1 aliphatic carbocycles. The molecule has 5 heteroatoms. The van der Waals surface area contributed by atoms with Crippen LogP contribution in [0.2, 0.25) is 0 Å². The first kappa shape index (κ1) is 14.6. The highest BCUT2D eigenvalue weighted by molar-refractivity contribution is 5.93. The van der Waals surface area contributed by atoms with Gasteiger partial charge in [0.1, 0.15) is 5.75 Å². The zero-order valence-corrected chi connectivity index (χ0v) is 13.4. The Balaban J connectivity index is 1.54. The van der Waals surface area contributed by atoms with E-state index < -0.39 is 0 Å². The van der Waals surface area contributed by atoms with Crippen LogP contribution in [0.25, 0.3) is 10.9 Å². The third kappa shape index (κ3) is 2.39. The number of amides is 1. The van der Waals surface area contributed by atoms with Crippen LogP contribution in [0.1, 0.15) is 18.4 Å². The smallest absolute Gasteiger partial charge is 0.227 e. The van der Waals surface area contributed by atoms with Gasteiger partial charge in [-0.2, -0.15) is 0 Å². The normalized spacial score (nSPS) is 26.7. The summed E-state index contributed by atoms with van der Waals surface area (Å²) >= 11 is 0. The van der Waals surface area contributed by atoms with Crippen LogP contribution in [-0.2, 0) is 11.2 Å². The molecule has 1 amide bonds. The van der Waals surface area contributed by atoms with Crippen molar-refractivity contribution in [2.24, 2.45) is 17.6 Å². The minimum atomic E-state index is 0.193. The summed E-state index contributed by atoms with van der Waals surface area (Å²) in [5.41, 5.74) is 8.18. The van der Waals surface area contributed by atoms with Crippen LogP contribution in [0.15, 0.2) is 24.4 Å². The number of fused-ring (bicyclic) bond motifs is 2. The zero-order chi connectivity index (χ0) is 16.0. The molecular formula is C18H23N3O2. The van der Waals surface area contributed by atoms with E-state index >= 15 is 0 Å². The monoisotopic (exact) mass is 313 g/mol. The number of nitrogens with zero attached hydrogens (tertiary/aromatic N) is 1. The van der Waals surface area contributed by atoms with Gasteiger partial charge in [0.05, 0.1) is 13.5 Å². The van der Waals surface area contributed by atoms with Gasteiger partial charge in [0.25, 0.3) is 0 Å². The lowest BCUT2D eigenvalue weighted by molar-refractivity contribution is -0.129. The SMILES string of the molecule is COc1cccc2[nH]cc(CC(=O)N3CC4CCC(N)C4C3)c12. The molecule has 23 heavy (non-hydrogen) atoms. The molecule has 4 rings (SSSR count). The molecule has 3 N–H and O–H groups in total. The number of likely N-dealkylation sites (tertiary alicyclic amines) is 1. The summed E-state index contributed by atoms with van der Waals surface area (Å²) in [6.07, 6.45) is 4.61. The Hall–Kier alpha value is -2.01. The van der Waals surface area contributed by atoms with Crippen molar-refractivity contribution in [1.82, 2.24) is 9.88 Å². The predicted octanol–water partition coefficient (Wildman–Crippen LogP) is 1.91. The number of carbonyl (C=O) groups is 1. The van der Waals surface area contributed by atoms with Gasteiger partial charge in [-0.15, -0.1) is 0 Å². The Kier molecular flexibility index (Phi) is 3.53. The molecule has 2 fully saturated rings. The van der Waals surface area contributed by atoms with Crippen molar-refractivity contribution in [1.29, 1.82) is 0 Å². The largest absolute Gasteiger partial charge is 0.496 e. The average molecular weight is 313 g/mol. The highest BCUT2D eigenvalue weighted by Crippen LogP contribution is 2.37. The van der Waals surface area contributed by atoms with E-state index in [1.165, 1.54) is 0 Å². The Morgan fingerprint density at radius 1 is 1.39 bits per heavy atom. The predicted molar refractivity (Wildman–Crippen MR) is 89.3 cm³/mol. The maximum atomic E-state index is 12.7. The van der Waals surface area contributed by atoms with E-state index in [1.807, 2.05) is 29.3 Å². The lowest BCUT2D eigenvalue weighted by Crippen LogP contribution is -2.34. The van der Waals surface area contributed by atoms with Crippen LogP contribution < -0.4 is 10.5 Å². The number of H-pyrrole nitrogens is 1. The fourth-order valence-electron chi connectivity index (χ4n) is 4.32. The second kappa shape index (κ2) is 5.57. The summed E-state index contributed by atoms with van der Waals surface area (Å²) in [7, 11) is 1.66. The number of benzene rings is 1. The highest BCUT2D eigenvalue weighted by Gasteiger charge is 2.42. The standard InChI is InChI=1S/C18H23N3O2/c1-23-16-4-2-3-15-18(16)12(8-20-15)7-17(22)21-9-11-5-6-14(19)13(11)10-21/h2-4,8,11,13-14,20H,5-7,9-10,19H2,1H3. The molecule has 1 saturated heterocycles. The van der Waals surface area contributed by atoms with Crippen LogP contribution in [0.3, 0.4) is 0 Å². The van der Waals surface area contributed by atoms with E-state index in [1.54, 1.807) is 7.11 Å². The van der Waals surface area contributed by atoms with Crippen LogP contribution in [0.4, 0.5) is 0 Å². The summed E-state index contributed by atoms with van der Waals surface area (Å²) in [6, 6.07) is 6.16. The molecule has 0 radical (unpaired) electrons. The maximum absolute atomic E-state index is 12.7. The summed E-state index contributed by atoms with van der Waals surface area (Å²) in [6.45, 7) is 1.70. The Bertz CT molecular complexity index is 739. The number of carbonyl (C=O) groups excluding carboxylic acids is 1. The number of hydrogen-bond donors (Lipinski definition) is 2. The van der Waals surface area contributed by atoms with E-state index in [2.05, 4.69) is 4.98 Å². The molecule has 1 aromatic carbocycles. The van der Waals surface area contributed by atoms with E-state index in [-0.39, 0.29) is 11.9 Å². The molecule has 2 heterocycles. The van der Waals surface area contributed by atoms with Crippen LogP contribution in [-0.4, -0.2) is 42.0 Å². The maximum Gasteiger partial charge on any atom is 0.227 e. The number of aromatic amines is 1. The first-order valence-electron chi connectivity index (χ1n) is 8.33. The first-order valence-corrected chi connectivity index (χ1v) is 8.33. The second-order valence-corrected chi connectivity index (χ2v) is 6.84. The third-order valence-electron chi connectivity index (χ3n) is 5.58. The van der Waals surface area contributed by atoms with Gasteiger partial charge in [-0.25, -0.2) is 0 Å². The topological polar surface area (TPSA) is 71.4 Å². The molecule has 0 bridgehead atoms. The number of rotatable bonds is 3. The molecule has 1 aromatic heterocycles. The second-order valence-electron chi connectivity index (χ2n) is 6.84. The van der Waals surface area contributed by atoms with Gasteiger partial charge in [-0.05, 0) is 42.4 Å². The fraction of sp³-hybridized carbons (Fsp3) is 0.500. The lowest BCUT2D eigenvalue weighted by Gasteiger charge is -2.18. The number of aromatic nitrogens is 1. The van der Waals surface area contributed by atoms with E-state index in [4.69, 9.17) is 10.5 Å². The quantitative estimate of drug-likeness (QED) is 0.909. The van der Waals surface area contributed by atoms with Crippen molar-refractivity contribution in [2.75, 3.05) is 20.2 Å². The van der Waals surface area contributed by atoms with Crippen LogP contribution in [0.5, 0.6) is 5.75 Å². The summed E-state index contributed by atoms with van der Waals surface area (Å²) < 4.78 is 5.45. The van der Waals surface area contributed by atoms with Gasteiger partial charge in [-0.3, -0.25) is 4.79 Å². The van der Waals surface area contributed by atoms with Gasteiger partial charge in [-0.1, -0.05) is 6.07 Å². The van der Waals surface area contributed by atoms with Crippen molar-refractivity contribution in [2.45, 2.75) is 25.3 Å². The average Bonchev–Trinajstić information content (AvgIpc) is 3.24. The van der Waals surface area contributed by atoms with Crippen molar-refractivity contribution < 1.29 is 9.53 Å². The summed E-state index contributed by atoms with van der Waals surface area (Å²) in [5.74, 6) is 2.10. The number of nitrogens with two attached hydrogens (primary N) is 1. The number of ether oxygens (including phenoxy) is 1. The molecule has 1 saturated carbocycles. The van der Waals surface area contributed by atoms with Gasteiger partial charge in [0.15, 0.2) is 0 Å². The molecule has 2 aromatic rings. The molecular weight excluding hydrogens is 290 g/mol. The minimum absolute atomic E-state index is 0.193. The van der Waals surface area contributed by atoms with E-state index in [0.29, 0.717) is 18.3 Å². The van der Waals surface area contributed by atoms with Gasteiger partial charge < -0.3 is 20.4 Å². The number of nitrogens with one attached hydrogen (secondary N) is 1. The van der Waals surface area contributed by atoms with Crippen molar-refractivity contribution in [3.63, 3.8) is 0 Å². The summed E-state index contributed by atoms with van der Waals surface area (Å²) in [4.78, 5) is 18.0. The van der Waals surface area contributed by atoms with Gasteiger partial charge in [0.2, 0.25) is 5.91 Å². The molecule has 1 aliphatic heterocycles. The van der Waals surface area contributed by atoms with Crippen LogP contribution in [0, 0.1) is 11.8 Å².